The number of rotatable bonds is 5. The molecule has 0 unspecified atom stereocenters. The Labute approximate surface area is 151 Å². The number of nitrogens with one attached hydrogen (secondary N) is 1. The summed E-state index contributed by atoms with van der Waals surface area (Å²) in [5.74, 6) is 0.276. The molecule has 7 heteroatoms. The second kappa shape index (κ2) is 8.44. The summed E-state index contributed by atoms with van der Waals surface area (Å²) in [7, 11) is 1.34. The van der Waals surface area contributed by atoms with E-state index >= 15 is 0 Å². The minimum Gasteiger partial charge on any atom is -0.465 e. The lowest BCUT2D eigenvalue weighted by Gasteiger charge is -2.27. The van der Waals surface area contributed by atoms with Crippen LogP contribution in [0.4, 0.5) is 5.82 Å². The number of nitrogens with zero attached hydrogens (tertiary/aromatic N) is 2. The Morgan fingerprint density at radius 1 is 1.12 bits per heavy atom. The van der Waals surface area contributed by atoms with Crippen molar-refractivity contribution in [3.63, 3.8) is 0 Å². The van der Waals surface area contributed by atoms with E-state index < -0.39 is 0 Å². The molecule has 1 amide bonds. The Hall–Kier alpha value is -2.93. The molecule has 2 heterocycles. The van der Waals surface area contributed by atoms with Gasteiger partial charge in [0, 0.05) is 25.8 Å². The van der Waals surface area contributed by atoms with E-state index in [1.165, 1.54) is 7.11 Å². The molecule has 1 aromatic heterocycles. The molecule has 26 heavy (non-hydrogen) atoms. The number of benzene rings is 1. The highest BCUT2D eigenvalue weighted by Gasteiger charge is 2.13. The van der Waals surface area contributed by atoms with E-state index in [0.29, 0.717) is 30.9 Å². The second-order valence-corrected chi connectivity index (χ2v) is 5.88. The summed E-state index contributed by atoms with van der Waals surface area (Å²) < 4.78 is 9.98. The van der Waals surface area contributed by atoms with Crippen molar-refractivity contribution in [3.05, 3.63) is 59.3 Å². The summed E-state index contributed by atoms with van der Waals surface area (Å²) in [6.07, 6.45) is 1.58. The zero-order valence-electron chi connectivity index (χ0n) is 14.6. The van der Waals surface area contributed by atoms with Gasteiger partial charge in [-0.05, 0) is 29.8 Å². The summed E-state index contributed by atoms with van der Waals surface area (Å²) in [4.78, 5) is 30.2. The molecular weight excluding hydrogens is 334 g/mol. The maximum absolute atomic E-state index is 12.3. The summed E-state index contributed by atoms with van der Waals surface area (Å²) in [5.41, 5.74) is 1.88. The van der Waals surface area contributed by atoms with Gasteiger partial charge in [-0.3, -0.25) is 4.79 Å². The quantitative estimate of drug-likeness (QED) is 0.821. The van der Waals surface area contributed by atoms with Crippen molar-refractivity contribution < 1.29 is 19.1 Å². The summed E-state index contributed by atoms with van der Waals surface area (Å²) in [6.45, 7) is 3.36. The van der Waals surface area contributed by atoms with Crippen molar-refractivity contribution in [2.45, 2.75) is 6.54 Å². The number of carbonyl (C=O) groups excluding carboxylic acids is 2. The Balaban J connectivity index is 1.55. The second-order valence-electron chi connectivity index (χ2n) is 5.88. The van der Waals surface area contributed by atoms with Crippen molar-refractivity contribution in [1.82, 2.24) is 10.3 Å². The average molecular weight is 355 g/mol. The van der Waals surface area contributed by atoms with Crippen LogP contribution in [0.1, 0.15) is 26.3 Å². The molecule has 1 aromatic carbocycles. The standard InChI is InChI=1S/C19H21N3O4/c1-25-19(24)15-4-2-14(3-5-15)12-21-18(23)16-6-7-17(20-13-16)22-8-10-26-11-9-22/h2-7,13H,8-12H2,1H3,(H,21,23). The van der Waals surface area contributed by atoms with Crippen molar-refractivity contribution in [3.8, 4) is 0 Å². The van der Waals surface area contributed by atoms with Gasteiger partial charge in [-0.2, -0.15) is 0 Å². The molecule has 0 aliphatic carbocycles. The van der Waals surface area contributed by atoms with E-state index in [0.717, 1.165) is 24.5 Å². The number of ether oxygens (including phenoxy) is 2. The molecule has 1 fully saturated rings. The highest BCUT2D eigenvalue weighted by molar-refractivity contribution is 5.94. The van der Waals surface area contributed by atoms with Crippen molar-refractivity contribution in [1.29, 1.82) is 0 Å². The van der Waals surface area contributed by atoms with Crippen molar-refractivity contribution >= 4 is 17.7 Å². The van der Waals surface area contributed by atoms with Gasteiger partial charge >= 0.3 is 5.97 Å². The first-order chi connectivity index (χ1) is 12.7. The number of hydrogen-bond acceptors (Lipinski definition) is 6. The molecule has 7 nitrogen and oxygen atoms in total. The molecule has 0 radical (unpaired) electrons. The first-order valence-electron chi connectivity index (χ1n) is 8.41. The molecule has 2 aromatic rings. The third kappa shape index (κ3) is 4.37. The normalized spacial score (nSPS) is 14.0. The number of hydrogen-bond donors (Lipinski definition) is 1. The smallest absolute Gasteiger partial charge is 0.337 e. The van der Waals surface area contributed by atoms with E-state index in [1.807, 2.05) is 6.07 Å². The van der Waals surface area contributed by atoms with Gasteiger partial charge < -0.3 is 19.7 Å². The minimum atomic E-state index is -0.382. The third-order valence-electron chi connectivity index (χ3n) is 4.17. The SMILES string of the molecule is COC(=O)c1ccc(CNC(=O)c2ccc(N3CCOCC3)nc2)cc1. The molecule has 1 saturated heterocycles. The van der Waals surface area contributed by atoms with E-state index in [4.69, 9.17) is 4.74 Å². The Bertz CT molecular complexity index is 753. The van der Waals surface area contributed by atoms with Gasteiger partial charge in [0.2, 0.25) is 0 Å². The third-order valence-corrected chi connectivity index (χ3v) is 4.17. The highest BCUT2D eigenvalue weighted by Crippen LogP contribution is 2.13. The summed E-state index contributed by atoms with van der Waals surface area (Å²) >= 11 is 0. The van der Waals surface area contributed by atoms with Crippen LogP contribution >= 0.6 is 0 Å². The fourth-order valence-corrected chi connectivity index (χ4v) is 2.66. The average Bonchev–Trinajstić information content (AvgIpc) is 2.72. The molecule has 0 bridgehead atoms. The number of morpholine rings is 1. The van der Waals surface area contributed by atoms with Crippen molar-refractivity contribution in [2.24, 2.45) is 0 Å². The monoisotopic (exact) mass is 355 g/mol. The zero-order valence-corrected chi connectivity index (χ0v) is 14.6. The van der Waals surface area contributed by atoms with Gasteiger partial charge in [0.05, 0.1) is 31.5 Å². The molecule has 0 spiro atoms. The molecule has 0 saturated carbocycles. The topological polar surface area (TPSA) is 80.8 Å². The number of carbonyl (C=O) groups is 2. The Kier molecular flexibility index (Phi) is 5.80. The lowest BCUT2D eigenvalue weighted by Crippen LogP contribution is -2.36. The van der Waals surface area contributed by atoms with Crippen LogP contribution in [0.2, 0.25) is 0 Å². The van der Waals surface area contributed by atoms with E-state index in [2.05, 4.69) is 19.9 Å². The fourth-order valence-electron chi connectivity index (χ4n) is 2.66. The molecule has 1 aliphatic rings. The first kappa shape index (κ1) is 17.9. The van der Waals surface area contributed by atoms with Crippen LogP contribution in [0.5, 0.6) is 0 Å². The molecule has 136 valence electrons. The number of pyridine rings is 1. The van der Waals surface area contributed by atoms with Crippen LogP contribution in [-0.4, -0.2) is 50.3 Å². The van der Waals surface area contributed by atoms with Gasteiger partial charge in [0.15, 0.2) is 0 Å². The van der Waals surface area contributed by atoms with Gasteiger partial charge in [0.25, 0.3) is 5.91 Å². The van der Waals surface area contributed by atoms with Crippen LogP contribution in [0.3, 0.4) is 0 Å². The van der Waals surface area contributed by atoms with Crippen LogP contribution in [0.25, 0.3) is 0 Å². The fraction of sp³-hybridized carbons (Fsp3) is 0.316. The van der Waals surface area contributed by atoms with Crippen LogP contribution < -0.4 is 10.2 Å². The van der Waals surface area contributed by atoms with Gasteiger partial charge in [0.1, 0.15) is 5.82 Å². The van der Waals surface area contributed by atoms with Gasteiger partial charge in [-0.1, -0.05) is 12.1 Å². The zero-order chi connectivity index (χ0) is 18.4. The van der Waals surface area contributed by atoms with Crippen LogP contribution in [0, 0.1) is 0 Å². The van der Waals surface area contributed by atoms with Gasteiger partial charge in [-0.25, -0.2) is 9.78 Å². The predicted octanol–water partition coefficient (Wildman–Crippen LogP) is 1.63. The Morgan fingerprint density at radius 3 is 2.42 bits per heavy atom. The molecule has 0 atom stereocenters. The number of methoxy groups -OCH3 is 1. The van der Waals surface area contributed by atoms with E-state index in [9.17, 15) is 9.59 Å². The maximum Gasteiger partial charge on any atom is 0.337 e. The number of anilines is 1. The molecule has 3 rings (SSSR count). The number of aromatic nitrogens is 1. The minimum absolute atomic E-state index is 0.192. The highest BCUT2D eigenvalue weighted by atomic mass is 16.5. The lowest BCUT2D eigenvalue weighted by molar-refractivity contribution is 0.0600. The van der Waals surface area contributed by atoms with Crippen LogP contribution in [0.15, 0.2) is 42.6 Å². The van der Waals surface area contributed by atoms with Gasteiger partial charge in [-0.15, -0.1) is 0 Å². The van der Waals surface area contributed by atoms with E-state index in [1.54, 1.807) is 36.5 Å². The largest absolute Gasteiger partial charge is 0.465 e. The molecule has 1 N–H and O–H groups in total. The van der Waals surface area contributed by atoms with Crippen molar-refractivity contribution in [2.75, 3.05) is 38.3 Å². The predicted molar refractivity (Wildman–Crippen MR) is 96.2 cm³/mol. The summed E-state index contributed by atoms with van der Waals surface area (Å²) in [5, 5.41) is 2.85. The number of amides is 1. The molecular formula is C19H21N3O4. The lowest BCUT2D eigenvalue weighted by atomic mass is 10.1. The summed E-state index contributed by atoms with van der Waals surface area (Å²) in [6, 6.07) is 10.5. The van der Waals surface area contributed by atoms with Crippen LogP contribution in [-0.2, 0) is 16.0 Å². The maximum atomic E-state index is 12.3. The Morgan fingerprint density at radius 2 is 1.81 bits per heavy atom. The number of esters is 1. The van der Waals surface area contributed by atoms with E-state index in [-0.39, 0.29) is 11.9 Å². The molecule has 1 aliphatic heterocycles. The first-order valence-corrected chi connectivity index (χ1v) is 8.41.